The molecule has 2 rings (SSSR count). The molecule has 0 aliphatic carbocycles. The van der Waals surface area contributed by atoms with Crippen molar-refractivity contribution in [1.29, 1.82) is 0 Å². The number of pyridine rings is 1. The van der Waals surface area contributed by atoms with Crippen LogP contribution in [0, 0.1) is 0 Å². The average Bonchev–Trinajstić information content (AvgIpc) is 2.73. The summed E-state index contributed by atoms with van der Waals surface area (Å²) in [5.41, 5.74) is 0. The first-order chi connectivity index (χ1) is 7.72. The first-order valence-corrected chi connectivity index (χ1v) is 6.70. The van der Waals surface area contributed by atoms with Gasteiger partial charge in [0.15, 0.2) is 0 Å². The predicted octanol–water partition coefficient (Wildman–Crippen LogP) is 3.25. The molecular formula is C11H11NO2S2. The summed E-state index contributed by atoms with van der Waals surface area (Å²) in [6, 6.07) is 3.94. The van der Waals surface area contributed by atoms with E-state index in [1.54, 1.807) is 17.5 Å². The maximum absolute atomic E-state index is 11.0. The SMILES string of the molecule is CCC(Sc1nccc2sccc12)C(=O)O. The van der Waals surface area contributed by atoms with E-state index >= 15 is 0 Å². The van der Waals surface area contributed by atoms with Crippen molar-refractivity contribution < 1.29 is 9.90 Å². The number of aliphatic carboxylic acids is 1. The van der Waals surface area contributed by atoms with Crippen LogP contribution in [0.3, 0.4) is 0 Å². The Morgan fingerprint density at radius 1 is 1.62 bits per heavy atom. The minimum absolute atomic E-state index is 0.419. The third kappa shape index (κ3) is 2.20. The Hall–Kier alpha value is -1.07. The maximum atomic E-state index is 11.0. The van der Waals surface area contributed by atoms with Gasteiger partial charge in [-0.1, -0.05) is 18.7 Å². The molecule has 2 heterocycles. The standard InChI is InChI=1S/C11H11NO2S2/c1-2-8(11(13)14)16-10-7-4-6-15-9(7)3-5-12-10/h3-6,8H,2H2,1H3,(H,13,14). The van der Waals surface area contributed by atoms with Gasteiger partial charge in [0.25, 0.3) is 0 Å². The van der Waals surface area contributed by atoms with E-state index in [-0.39, 0.29) is 0 Å². The van der Waals surface area contributed by atoms with E-state index < -0.39 is 11.2 Å². The summed E-state index contributed by atoms with van der Waals surface area (Å²) in [5.74, 6) is -0.776. The molecule has 16 heavy (non-hydrogen) atoms. The lowest BCUT2D eigenvalue weighted by Gasteiger charge is -2.08. The van der Waals surface area contributed by atoms with Crippen molar-refractivity contribution in [3.8, 4) is 0 Å². The van der Waals surface area contributed by atoms with Crippen molar-refractivity contribution in [2.45, 2.75) is 23.6 Å². The predicted molar refractivity (Wildman–Crippen MR) is 67.2 cm³/mol. The van der Waals surface area contributed by atoms with Gasteiger partial charge in [-0.05, 0) is 23.9 Å². The Bertz CT molecular complexity index is 509. The highest BCUT2D eigenvalue weighted by atomic mass is 32.2. The van der Waals surface area contributed by atoms with Crippen LogP contribution in [0.25, 0.3) is 10.1 Å². The van der Waals surface area contributed by atoms with E-state index in [2.05, 4.69) is 4.98 Å². The van der Waals surface area contributed by atoms with E-state index in [0.717, 1.165) is 15.1 Å². The number of thiophene rings is 1. The van der Waals surface area contributed by atoms with Crippen LogP contribution in [0.5, 0.6) is 0 Å². The molecule has 5 heteroatoms. The molecule has 0 radical (unpaired) electrons. The first-order valence-electron chi connectivity index (χ1n) is 4.94. The smallest absolute Gasteiger partial charge is 0.317 e. The number of carbonyl (C=O) groups is 1. The largest absolute Gasteiger partial charge is 0.480 e. The van der Waals surface area contributed by atoms with Crippen LogP contribution in [0.2, 0.25) is 0 Å². The van der Waals surface area contributed by atoms with Gasteiger partial charge in [0, 0.05) is 16.3 Å². The van der Waals surface area contributed by atoms with Crippen molar-refractivity contribution in [3.05, 3.63) is 23.7 Å². The molecule has 0 aliphatic rings. The van der Waals surface area contributed by atoms with Gasteiger partial charge in [0.05, 0.1) is 0 Å². The van der Waals surface area contributed by atoms with Crippen LogP contribution < -0.4 is 0 Å². The van der Waals surface area contributed by atoms with Crippen molar-refractivity contribution in [3.63, 3.8) is 0 Å². The molecule has 1 N–H and O–H groups in total. The van der Waals surface area contributed by atoms with Crippen LogP contribution in [0.15, 0.2) is 28.7 Å². The van der Waals surface area contributed by atoms with Crippen molar-refractivity contribution in [2.24, 2.45) is 0 Å². The lowest BCUT2D eigenvalue weighted by atomic mass is 10.3. The number of hydrogen-bond acceptors (Lipinski definition) is 4. The number of carboxylic acid groups (broad SMARTS) is 1. The Balaban J connectivity index is 2.33. The summed E-state index contributed by atoms with van der Waals surface area (Å²) in [7, 11) is 0. The van der Waals surface area contributed by atoms with Gasteiger partial charge < -0.3 is 5.11 Å². The number of fused-ring (bicyclic) bond motifs is 1. The average molecular weight is 253 g/mol. The number of carboxylic acids is 1. The van der Waals surface area contributed by atoms with Gasteiger partial charge >= 0.3 is 5.97 Å². The molecular weight excluding hydrogens is 242 g/mol. The summed E-state index contributed by atoms with van der Waals surface area (Å²) < 4.78 is 1.15. The number of thioether (sulfide) groups is 1. The van der Waals surface area contributed by atoms with Crippen LogP contribution in [-0.2, 0) is 4.79 Å². The molecule has 0 bridgehead atoms. The number of rotatable bonds is 4. The number of aromatic nitrogens is 1. The molecule has 0 fully saturated rings. The minimum Gasteiger partial charge on any atom is -0.480 e. The van der Waals surface area contributed by atoms with E-state index in [4.69, 9.17) is 5.11 Å². The van der Waals surface area contributed by atoms with Crippen LogP contribution >= 0.6 is 23.1 Å². The quantitative estimate of drug-likeness (QED) is 0.850. The number of nitrogens with zero attached hydrogens (tertiary/aromatic N) is 1. The zero-order valence-electron chi connectivity index (χ0n) is 8.71. The maximum Gasteiger partial charge on any atom is 0.317 e. The molecule has 3 nitrogen and oxygen atoms in total. The number of hydrogen-bond donors (Lipinski definition) is 1. The zero-order valence-corrected chi connectivity index (χ0v) is 10.3. The highest BCUT2D eigenvalue weighted by Crippen LogP contribution is 2.32. The first kappa shape index (κ1) is 11.4. The molecule has 0 saturated heterocycles. The molecule has 0 aliphatic heterocycles. The second kappa shape index (κ2) is 4.84. The third-order valence-electron chi connectivity index (χ3n) is 2.24. The fourth-order valence-electron chi connectivity index (χ4n) is 1.41. The fourth-order valence-corrected chi connectivity index (χ4v) is 3.22. The third-order valence-corrected chi connectivity index (χ3v) is 4.49. The second-order valence-corrected chi connectivity index (χ2v) is 5.44. The Morgan fingerprint density at radius 2 is 2.44 bits per heavy atom. The molecule has 0 spiro atoms. The summed E-state index contributed by atoms with van der Waals surface area (Å²) in [6.07, 6.45) is 2.33. The highest BCUT2D eigenvalue weighted by Gasteiger charge is 2.18. The van der Waals surface area contributed by atoms with Crippen molar-refractivity contribution in [1.82, 2.24) is 4.98 Å². The monoisotopic (exact) mass is 253 g/mol. The van der Waals surface area contributed by atoms with Gasteiger partial charge in [-0.15, -0.1) is 11.3 Å². The molecule has 2 aromatic heterocycles. The van der Waals surface area contributed by atoms with Crippen LogP contribution in [-0.4, -0.2) is 21.3 Å². The van der Waals surface area contributed by atoms with Crippen LogP contribution in [0.4, 0.5) is 0 Å². The van der Waals surface area contributed by atoms with Gasteiger partial charge in [0.1, 0.15) is 10.3 Å². The molecule has 0 saturated carbocycles. The molecule has 84 valence electrons. The lowest BCUT2D eigenvalue weighted by molar-refractivity contribution is -0.136. The van der Waals surface area contributed by atoms with E-state index in [9.17, 15) is 4.79 Å². The van der Waals surface area contributed by atoms with Gasteiger partial charge in [-0.25, -0.2) is 4.98 Å². The van der Waals surface area contributed by atoms with Crippen molar-refractivity contribution >= 4 is 39.2 Å². The highest BCUT2D eigenvalue weighted by molar-refractivity contribution is 8.00. The fraction of sp³-hybridized carbons (Fsp3) is 0.273. The van der Waals surface area contributed by atoms with Crippen molar-refractivity contribution in [2.75, 3.05) is 0 Å². The van der Waals surface area contributed by atoms with E-state index in [0.29, 0.717) is 6.42 Å². The topological polar surface area (TPSA) is 50.2 Å². The lowest BCUT2D eigenvalue weighted by Crippen LogP contribution is -2.14. The molecule has 1 atom stereocenters. The summed E-state index contributed by atoms with van der Waals surface area (Å²) in [4.78, 5) is 15.2. The Morgan fingerprint density at radius 3 is 3.12 bits per heavy atom. The molecule has 0 aromatic carbocycles. The molecule has 0 amide bonds. The minimum atomic E-state index is -0.776. The molecule has 1 unspecified atom stereocenters. The van der Waals surface area contributed by atoms with Gasteiger partial charge in [-0.3, -0.25) is 4.79 Å². The van der Waals surface area contributed by atoms with E-state index in [1.165, 1.54) is 11.8 Å². The van der Waals surface area contributed by atoms with Gasteiger partial charge in [-0.2, -0.15) is 0 Å². The summed E-state index contributed by atoms with van der Waals surface area (Å²) in [5, 5.41) is 12.5. The van der Waals surface area contributed by atoms with E-state index in [1.807, 2.05) is 24.4 Å². The Kier molecular flexibility index (Phi) is 3.46. The summed E-state index contributed by atoms with van der Waals surface area (Å²) >= 11 is 2.97. The van der Waals surface area contributed by atoms with Crippen LogP contribution in [0.1, 0.15) is 13.3 Å². The zero-order chi connectivity index (χ0) is 11.5. The normalized spacial score (nSPS) is 12.8. The van der Waals surface area contributed by atoms with Gasteiger partial charge in [0.2, 0.25) is 0 Å². The Labute approximate surface area is 102 Å². The molecule has 2 aromatic rings. The summed E-state index contributed by atoms with van der Waals surface area (Å²) in [6.45, 7) is 1.87. The second-order valence-electron chi connectivity index (χ2n) is 3.30.